The molecule has 1 unspecified atom stereocenters. The predicted molar refractivity (Wildman–Crippen MR) is 68.4 cm³/mol. The third-order valence-corrected chi connectivity index (χ3v) is 5.31. The minimum Gasteiger partial charge on any atom is -0.207 e. The van der Waals surface area contributed by atoms with Gasteiger partial charge in [0.15, 0.2) is 0 Å². The predicted octanol–water partition coefficient (Wildman–Crippen LogP) is 1.54. The summed E-state index contributed by atoms with van der Waals surface area (Å²) in [6.07, 6.45) is 1.25. The van der Waals surface area contributed by atoms with Gasteiger partial charge in [-0.15, -0.1) is 0 Å². The lowest BCUT2D eigenvalue weighted by Crippen LogP contribution is -2.35. The van der Waals surface area contributed by atoms with E-state index in [1.165, 1.54) is 10.4 Å². The third kappa shape index (κ3) is 2.33. The molecule has 1 saturated heterocycles. The van der Waals surface area contributed by atoms with Crippen molar-refractivity contribution in [2.75, 3.05) is 6.54 Å². The summed E-state index contributed by atoms with van der Waals surface area (Å²) in [5.41, 5.74) is 0.888. The van der Waals surface area contributed by atoms with Gasteiger partial charge in [-0.25, -0.2) is 8.42 Å². The molecule has 0 bridgehead atoms. The summed E-state index contributed by atoms with van der Waals surface area (Å²) < 4.78 is 26.3. The van der Waals surface area contributed by atoms with Crippen LogP contribution in [0.3, 0.4) is 0 Å². The Morgan fingerprint density at radius 3 is 2.74 bits per heavy atom. The summed E-state index contributed by atoms with van der Waals surface area (Å²) in [5.74, 6) is 0. The Morgan fingerprint density at radius 1 is 1.37 bits per heavy atom. The lowest BCUT2D eigenvalue weighted by Gasteiger charge is -2.20. The first-order valence-corrected chi connectivity index (χ1v) is 7.37. The first kappa shape index (κ1) is 13.5. The molecule has 0 amide bonds. The standard InChI is InChI=1S/C13H13N3O2S/c1-10-4-5-11(8-14)7-13(10)19(17,18)16-6-2-3-12(16)9-15/h4-5,7,12H,2-3,6H2,1H3. The van der Waals surface area contributed by atoms with Crippen LogP contribution in [0, 0.1) is 29.6 Å². The van der Waals surface area contributed by atoms with Gasteiger partial charge in [-0.2, -0.15) is 14.8 Å². The molecule has 0 spiro atoms. The Hall–Kier alpha value is -1.89. The molecule has 5 nitrogen and oxygen atoms in total. The highest BCUT2D eigenvalue weighted by atomic mass is 32.2. The maximum atomic E-state index is 12.6. The molecule has 1 aliphatic rings. The van der Waals surface area contributed by atoms with Crippen LogP contribution >= 0.6 is 0 Å². The molecule has 1 atom stereocenters. The Morgan fingerprint density at radius 2 is 2.11 bits per heavy atom. The minimum absolute atomic E-state index is 0.119. The van der Waals surface area contributed by atoms with Crippen molar-refractivity contribution in [2.45, 2.75) is 30.7 Å². The fourth-order valence-corrected chi connectivity index (χ4v) is 4.09. The van der Waals surface area contributed by atoms with Gasteiger partial charge in [-0.1, -0.05) is 6.07 Å². The number of rotatable bonds is 2. The summed E-state index contributed by atoms with van der Waals surface area (Å²) in [7, 11) is -3.70. The van der Waals surface area contributed by atoms with Crippen molar-refractivity contribution in [3.63, 3.8) is 0 Å². The van der Waals surface area contributed by atoms with Gasteiger partial charge >= 0.3 is 0 Å². The molecular formula is C13H13N3O2S. The van der Waals surface area contributed by atoms with E-state index in [9.17, 15) is 8.42 Å². The topological polar surface area (TPSA) is 85.0 Å². The van der Waals surface area contributed by atoms with Crippen LogP contribution in [-0.2, 0) is 10.0 Å². The molecule has 0 N–H and O–H groups in total. The highest BCUT2D eigenvalue weighted by molar-refractivity contribution is 7.89. The number of nitriles is 2. The maximum absolute atomic E-state index is 12.6. The average molecular weight is 275 g/mol. The molecule has 19 heavy (non-hydrogen) atoms. The number of nitrogens with zero attached hydrogens (tertiary/aromatic N) is 3. The molecule has 1 fully saturated rings. The van der Waals surface area contributed by atoms with Crippen LogP contribution in [0.1, 0.15) is 24.0 Å². The van der Waals surface area contributed by atoms with Gasteiger partial charge in [0.2, 0.25) is 10.0 Å². The van der Waals surface area contributed by atoms with Crippen LogP contribution < -0.4 is 0 Å². The summed E-state index contributed by atoms with van der Waals surface area (Å²) in [6.45, 7) is 2.04. The fourth-order valence-electron chi connectivity index (χ4n) is 2.23. The molecular weight excluding hydrogens is 262 g/mol. The maximum Gasteiger partial charge on any atom is 0.244 e. The number of benzene rings is 1. The van der Waals surface area contributed by atoms with Gasteiger partial charge in [0.05, 0.1) is 22.6 Å². The van der Waals surface area contributed by atoms with E-state index in [0.717, 1.165) is 0 Å². The molecule has 6 heteroatoms. The number of hydrogen-bond donors (Lipinski definition) is 0. The summed E-state index contributed by atoms with van der Waals surface area (Å²) >= 11 is 0. The highest BCUT2D eigenvalue weighted by Gasteiger charge is 2.36. The molecule has 2 rings (SSSR count). The molecule has 98 valence electrons. The fraction of sp³-hybridized carbons (Fsp3) is 0.385. The molecule has 1 aliphatic heterocycles. The van der Waals surface area contributed by atoms with Gasteiger partial charge in [0.1, 0.15) is 6.04 Å². The first-order chi connectivity index (χ1) is 9.00. The van der Waals surface area contributed by atoms with E-state index in [1.54, 1.807) is 19.1 Å². The smallest absolute Gasteiger partial charge is 0.207 e. The van der Waals surface area contributed by atoms with E-state index in [1.807, 2.05) is 12.1 Å². The van der Waals surface area contributed by atoms with Crippen LogP contribution in [0.25, 0.3) is 0 Å². The zero-order valence-electron chi connectivity index (χ0n) is 10.5. The van der Waals surface area contributed by atoms with Gasteiger partial charge in [-0.05, 0) is 37.5 Å². The summed E-state index contributed by atoms with van der Waals surface area (Å²) in [6, 6.07) is 7.92. The molecule has 1 aromatic rings. The van der Waals surface area contributed by atoms with Crippen molar-refractivity contribution in [1.82, 2.24) is 4.31 Å². The Kier molecular flexibility index (Phi) is 3.57. The van der Waals surface area contributed by atoms with Gasteiger partial charge in [0, 0.05) is 6.54 Å². The van der Waals surface area contributed by atoms with Crippen LogP contribution in [0.15, 0.2) is 23.1 Å². The Balaban J connectivity index is 2.52. The van der Waals surface area contributed by atoms with Crippen molar-refractivity contribution in [1.29, 1.82) is 10.5 Å². The number of hydrogen-bond acceptors (Lipinski definition) is 4. The minimum atomic E-state index is -3.70. The molecule has 0 aromatic heterocycles. The highest BCUT2D eigenvalue weighted by Crippen LogP contribution is 2.28. The second kappa shape index (κ2) is 5.00. The van der Waals surface area contributed by atoms with E-state index in [0.29, 0.717) is 30.5 Å². The van der Waals surface area contributed by atoms with Crippen molar-refractivity contribution >= 4 is 10.0 Å². The monoisotopic (exact) mass is 275 g/mol. The quantitative estimate of drug-likeness (QED) is 0.819. The second-order valence-electron chi connectivity index (χ2n) is 4.49. The van der Waals surface area contributed by atoms with Crippen molar-refractivity contribution in [3.05, 3.63) is 29.3 Å². The van der Waals surface area contributed by atoms with Crippen molar-refractivity contribution in [2.24, 2.45) is 0 Å². The lowest BCUT2D eigenvalue weighted by molar-refractivity contribution is 0.437. The number of aryl methyl sites for hydroxylation is 1. The van der Waals surface area contributed by atoms with Crippen molar-refractivity contribution in [3.8, 4) is 12.1 Å². The zero-order chi connectivity index (χ0) is 14.0. The largest absolute Gasteiger partial charge is 0.244 e. The van der Waals surface area contributed by atoms with Crippen LogP contribution in [-0.4, -0.2) is 25.3 Å². The zero-order valence-corrected chi connectivity index (χ0v) is 11.3. The van der Waals surface area contributed by atoms with Crippen molar-refractivity contribution < 1.29 is 8.42 Å². The Bertz CT molecular complexity index is 683. The van der Waals surface area contributed by atoms with Crippen LogP contribution in [0.5, 0.6) is 0 Å². The van der Waals surface area contributed by atoms with Gasteiger partial charge in [0.25, 0.3) is 0 Å². The second-order valence-corrected chi connectivity index (χ2v) is 6.35. The Labute approximate surface area is 112 Å². The average Bonchev–Trinajstić information content (AvgIpc) is 2.88. The first-order valence-electron chi connectivity index (χ1n) is 5.93. The van der Waals surface area contributed by atoms with E-state index in [4.69, 9.17) is 10.5 Å². The normalized spacial score (nSPS) is 19.8. The van der Waals surface area contributed by atoms with E-state index < -0.39 is 16.1 Å². The summed E-state index contributed by atoms with van der Waals surface area (Å²) in [4.78, 5) is 0.119. The van der Waals surface area contributed by atoms with Crippen LogP contribution in [0.4, 0.5) is 0 Å². The number of sulfonamides is 1. The van der Waals surface area contributed by atoms with E-state index in [-0.39, 0.29) is 4.90 Å². The third-order valence-electron chi connectivity index (χ3n) is 3.26. The molecule has 0 aliphatic carbocycles. The molecule has 0 saturated carbocycles. The molecule has 1 aromatic carbocycles. The molecule has 1 heterocycles. The van der Waals surface area contributed by atoms with Gasteiger partial charge < -0.3 is 0 Å². The van der Waals surface area contributed by atoms with Gasteiger partial charge in [-0.3, -0.25) is 0 Å². The summed E-state index contributed by atoms with van der Waals surface area (Å²) in [5, 5.41) is 17.9. The van der Waals surface area contributed by atoms with E-state index >= 15 is 0 Å². The lowest BCUT2D eigenvalue weighted by atomic mass is 10.2. The SMILES string of the molecule is Cc1ccc(C#N)cc1S(=O)(=O)N1CCCC1C#N. The van der Waals surface area contributed by atoms with E-state index in [2.05, 4.69) is 0 Å². The van der Waals surface area contributed by atoms with Crippen LogP contribution in [0.2, 0.25) is 0 Å². The molecule has 0 radical (unpaired) electrons.